The molecule has 0 radical (unpaired) electrons. The van der Waals surface area contributed by atoms with Gasteiger partial charge in [0.05, 0.1) is 0 Å². The van der Waals surface area contributed by atoms with Gasteiger partial charge in [0.1, 0.15) is 0 Å². The number of hydrogen-bond donors (Lipinski definition) is 2. The van der Waals surface area contributed by atoms with E-state index in [-0.39, 0.29) is 0 Å². The molecule has 2 N–H and O–H groups in total. The van der Waals surface area contributed by atoms with Gasteiger partial charge in [0.15, 0.2) is 0 Å². The summed E-state index contributed by atoms with van der Waals surface area (Å²) in [4.78, 5) is 0. The topological polar surface area (TPSA) is 24.1 Å². The lowest BCUT2D eigenvalue weighted by molar-refractivity contribution is 0.643. The van der Waals surface area contributed by atoms with E-state index in [4.69, 9.17) is 0 Å². The Bertz CT molecular complexity index is 385. The summed E-state index contributed by atoms with van der Waals surface area (Å²) in [7, 11) is 1.83. The van der Waals surface area contributed by atoms with Gasteiger partial charge in [-0.25, -0.2) is 0 Å². The Balaban J connectivity index is 2.29. The van der Waals surface area contributed by atoms with Crippen LogP contribution in [0.1, 0.15) is 16.7 Å². The highest BCUT2D eigenvalue weighted by atomic mass is 14.9. The Hall–Kier alpha value is -1.46. The predicted molar refractivity (Wildman–Crippen MR) is 57.8 cm³/mol. The van der Waals surface area contributed by atoms with E-state index in [1.807, 2.05) is 7.05 Å². The van der Waals surface area contributed by atoms with Crippen LogP contribution in [0.2, 0.25) is 0 Å². The van der Waals surface area contributed by atoms with Crippen molar-refractivity contribution in [1.29, 1.82) is 0 Å². The number of nitrogens with one attached hydrogen (secondary N) is 2. The molecule has 0 fully saturated rings. The molecule has 2 nitrogen and oxygen atoms in total. The Morgan fingerprint density at radius 3 is 3.14 bits per heavy atom. The van der Waals surface area contributed by atoms with Crippen LogP contribution in [-0.2, 0) is 13.0 Å². The Kier molecular flexibility index (Phi) is 2.71. The van der Waals surface area contributed by atoms with Crippen molar-refractivity contribution in [3.63, 3.8) is 0 Å². The van der Waals surface area contributed by atoms with Gasteiger partial charge < -0.3 is 10.6 Å². The molecule has 0 unspecified atom stereocenters. The molecule has 1 aliphatic rings. The van der Waals surface area contributed by atoms with Gasteiger partial charge in [-0.2, -0.15) is 0 Å². The maximum Gasteiger partial charge on any atom is 0.0267 e. The molecule has 0 amide bonds. The average Bonchev–Trinajstić information content (AvgIpc) is 2.26. The van der Waals surface area contributed by atoms with E-state index in [0.717, 1.165) is 25.1 Å². The highest BCUT2D eigenvalue weighted by molar-refractivity contribution is 5.41. The summed E-state index contributed by atoms with van der Waals surface area (Å²) in [6, 6.07) is 9.31. The number of fused-ring (bicyclic) bond motifs is 1. The van der Waals surface area contributed by atoms with Crippen molar-refractivity contribution < 1.29 is 0 Å². The summed E-state index contributed by atoms with van der Waals surface area (Å²) in [5, 5.41) is 6.18. The van der Waals surface area contributed by atoms with Gasteiger partial charge in [-0.05, 0) is 42.1 Å². The summed E-state index contributed by atoms with van der Waals surface area (Å²) in [6.07, 6.45) is 1.13. The van der Waals surface area contributed by atoms with E-state index in [1.165, 1.54) is 11.1 Å². The van der Waals surface area contributed by atoms with Crippen molar-refractivity contribution >= 4 is 0 Å². The Morgan fingerprint density at radius 1 is 1.36 bits per heavy atom. The molecule has 2 rings (SSSR count). The van der Waals surface area contributed by atoms with Crippen molar-refractivity contribution in [2.75, 3.05) is 13.6 Å². The predicted octanol–water partition coefficient (Wildman–Crippen LogP) is 0.861. The third kappa shape index (κ3) is 1.89. The molecule has 1 aliphatic heterocycles. The molecule has 0 aromatic heterocycles. The molecule has 0 saturated carbocycles. The van der Waals surface area contributed by atoms with Crippen LogP contribution in [0, 0.1) is 12.0 Å². The molecular formula is C12H14N2. The van der Waals surface area contributed by atoms with Crippen molar-refractivity contribution in [2.45, 2.75) is 13.0 Å². The van der Waals surface area contributed by atoms with Crippen molar-refractivity contribution in [2.24, 2.45) is 0 Å². The van der Waals surface area contributed by atoms with Gasteiger partial charge in [0.2, 0.25) is 0 Å². The maximum absolute atomic E-state index is 3.36. The van der Waals surface area contributed by atoms with Gasteiger partial charge >= 0.3 is 0 Å². The van der Waals surface area contributed by atoms with E-state index in [2.05, 4.69) is 40.8 Å². The molecule has 1 aromatic rings. The van der Waals surface area contributed by atoms with Crippen molar-refractivity contribution in [1.82, 2.24) is 10.6 Å². The molecule has 14 heavy (non-hydrogen) atoms. The summed E-state index contributed by atoms with van der Waals surface area (Å²) < 4.78 is 0. The van der Waals surface area contributed by atoms with Crippen LogP contribution in [0.4, 0.5) is 0 Å². The number of hydrogen-bond acceptors (Lipinski definition) is 2. The fourth-order valence-corrected chi connectivity index (χ4v) is 1.69. The summed E-state index contributed by atoms with van der Waals surface area (Å²) in [5.41, 5.74) is 3.93. The third-order valence-corrected chi connectivity index (χ3v) is 2.42. The molecule has 0 spiro atoms. The molecule has 0 atom stereocenters. The summed E-state index contributed by atoms with van der Waals surface area (Å²) in [6.45, 7) is 2.07. The largest absolute Gasteiger partial charge is 0.349 e. The molecular weight excluding hydrogens is 172 g/mol. The molecule has 2 heteroatoms. The second-order valence-corrected chi connectivity index (χ2v) is 3.41. The highest BCUT2D eigenvalue weighted by Crippen LogP contribution is 2.15. The average molecular weight is 186 g/mol. The van der Waals surface area contributed by atoms with Gasteiger partial charge in [-0.1, -0.05) is 6.07 Å². The second kappa shape index (κ2) is 4.17. The Morgan fingerprint density at radius 2 is 2.29 bits per heavy atom. The van der Waals surface area contributed by atoms with Crippen molar-refractivity contribution in [3.8, 4) is 12.0 Å². The molecule has 0 aliphatic carbocycles. The van der Waals surface area contributed by atoms with E-state index < -0.39 is 0 Å². The van der Waals surface area contributed by atoms with E-state index in [9.17, 15) is 0 Å². The summed E-state index contributed by atoms with van der Waals surface area (Å²) in [5.74, 6) is 3.06. The maximum atomic E-state index is 3.36. The first-order valence-corrected chi connectivity index (χ1v) is 4.90. The van der Waals surface area contributed by atoms with Crippen LogP contribution in [0.25, 0.3) is 0 Å². The van der Waals surface area contributed by atoms with Crippen LogP contribution >= 0.6 is 0 Å². The first-order chi connectivity index (χ1) is 6.90. The van der Waals surface area contributed by atoms with Gasteiger partial charge in [0.25, 0.3) is 0 Å². The lowest BCUT2D eigenvalue weighted by Gasteiger charge is -2.16. The minimum Gasteiger partial charge on any atom is -0.349 e. The van der Waals surface area contributed by atoms with Crippen LogP contribution in [0.15, 0.2) is 18.2 Å². The van der Waals surface area contributed by atoms with E-state index >= 15 is 0 Å². The highest BCUT2D eigenvalue weighted by Gasteiger charge is 2.07. The molecule has 1 aromatic carbocycles. The van der Waals surface area contributed by atoms with Gasteiger partial charge in [0, 0.05) is 25.2 Å². The first kappa shape index (κ1) is 9.11. The van der Waals surface area contributed by atoms with Crippen LogP contribution in [0.5, 0.6) is 0 Å². The van der Waals surface area contributed by atoms with Crippen LogP contribution in [-0.4, -0.2) is 13.6 Å². The SMILES string of the molecule is CNC#Cc1ccc2c(c1)CNCC2. The van der Waals surface area contributed by atoms with Crippen LogP contribution in [0.3, 0.4) is 0 Å². The minimum absolute atomic E-state index is 0.977. The minimum atomic E-state index is 0.977. The first-order valence-electron chi connectivity index (χ1n) is 4.90. The zero-order chi connectivity index (χ0) is 9.80. The van der Waals surface area contributed by atoms with Gasteiger partial charge in [-0.15, -0.1) is 0 Å². The molecule has 1 heterocycles. The van der Waals surface area contributed by atoms with E-state index in [1.54, 1.807) is 0 Å². The zero-order valence-electron chi connectivity index (χ0n) is 8.35. The monoisotopic (exact) mass is 186 g/mol. The van der Waals surface area contributed by atoms with E-state index in [0.29, 0.717) is 0 Å². The molecule has 0 saturated heterocycles. The standard InChI is InChI=1S/C12H14N2/c1-13-6-4-10-2-3-11-5-7-14-9-12(11)8-10/h2-3,8,13-14H,5,7,9H2,1H3. The summed E-state index contributed by atoms with van der Waals surface area (Å²) >= 11 is 0. The fourth-order valence-electron chi connectivity index (χ4n) is 1.69. The Labute approximate surface area is 84.7 Å². The lowest BCUT2D eigenvalue weighted by atomic mass is 9.99. The quantitative estimate of drug-likeness (QED) is 0.464. The fraction of sp³-hybridized carbons (Fsp3) is 0.333. The van der Waals surface area contributed by atoms with Crippen molar-refractivity contribution in [3.05, 3.63) is 34.9 Å². The smallest absolute Gasteiger partial charge is 0.0267 e. The second-order valence-electron chi connectivity index (χ2n) is 3.41. The molecule has 72 valence electrons. The number of rotatable bonds is 0. The lowest BCUT2D eigenvalue weighted by Crippen LogP contribution is -2.23. The van der Waals surface area contributed by atoms with Crippen LogP contribution < -0.4 is 10.6 Å². The zero-order valence-corrected chi connectivity index (χ0v) is 8.35. The normalized spacial score (nSPS) is 13.8. The number of benzene rings is 1. The third-order valence-electron chi connectivity index (χ3n) is 2.42. The molecule has 0 bridgehead atoms. The van der Waals surface area contributed by atoms with Gasteiger partial charge in [-0.3, -0.25) is 0 Å².